The van der Waals surface area contributed by atoms with Gasteiger partial charge in [-0.3, -0.25) is 4.79 Å². The first-order chi connectivity index (χ1) is 17.6. The summed E-state index contributed by atoms with van der Waals surface area (Å²) < 4.78 is 28.7. The van der Waals surface area contributed by atoms with Gasteiger partial charge >= 0.3 is 0 Å². The van der Waals surface area contributed by atoms with E-state index in [-0.39, 0.29) is 38.5 Å². The SMILES string of the molecule is Cc1ccc(N2CCN(C(=O)[C@@H]3CN(S(=O)(=O)c4cc(Cl)c(Cl)s4)C[C@H]3c3ccccc3)CC2)cc1C. The number of nitrogens with zero attached hydrogens (tertiary/aromatic N) is 3. The predicted molar refractivity (Wildman–Crippen MR) is 150 cm³/mol. The van der Waals surface area contributed by atoms with Gasteiger partial charge in [-0.25, -0.2) is 8.42 Å². The number of hydrogen-bond acceptors (Lipinski definition) is 5. The fourth-order valence-corrected chi connectivity index (χ4v) is 8.70. The molecule has 2 fully saturated rings. The summed E-state index contributed by atoms with van der Waals surface area (Å²) in [5.74, 6) is -0.683. The Morgan fingerprint density at radius 3 is 2.24 bits per heavy atom. The normalized spacial score (nSPS) is 21.0. The summed E-state index contributed by atoms with van der Waals surface area (Å²) in [6, 6.07) is 17.6. The second kappa shape index (κ2) is 10.6. The Morgan fingerprint density at radius 2 is 1.62 bits per heavy atom. The Hall–Kier alpha value is -2.10. The van der Waals surface area contributed by atoms with Crippen LogP contribution in [-0.4, -0.2) is 62.8 Å². The molecule has 1 aromatic heterocycles. The van der Waals surface area contributed by atoms with E-state index >= 15 is 0 Å². The molecule has 0 bridgehead atoms. The van der Waals surface area contributed by atoms with Crippen molar-refractivity contribution in [3.63, 3.8) is 0 Å². The van der Waals surface area contributed by atoms with Crippen molar-refractivity contribution in [1.29, 1.82) is 0 Å². The van der Waals surface area contributed by atoms with Crippen molar-refractivity contribution in [2.75, 3.05) is 44.2 Å². The Kier molecular flexibility index (Phi) is 7.58. The summed E-state index contributed by atoms with van der Waals surface area (Å²) >= 11 is 13.1. The number of hydrogen-bond donors (Lipinski definition) is 0. The predicted octanol–water partition coefficient (Wildman–Crippen LogP) is 5.42. The van der Waals surface area contributed by atoms with Crippen LogP contribution in [0.2, 0.25) is 9.36 Å². The highest BCUT2D eigenvalue weighted by Crippen LogP contribution is 2.40. The Labute approximate surface area is 232 Å². The third kappa shape index (κ3) is 5.27. The van der Waals surface area contributed by atoms with E-state index in [2.05, 4.69) is 36.9 Å². The first kappa shape index (κ1) is 26.5. The maximum Gasteiger partial charge on any atom is 0.252 e. The van der Waals surface area contributed by atoms with Crippen LogP contribution in [0.5, 0.6) is 0 Å². The molecule has 2 aliphatic rings. The third-order valence-corrected chi connectivity index (χ3v) is 11.6. The molecule has 2 atom stereocenters. The van der Waals surface area contributed by atoms with E-state index in [1.165, 1.54) is 27.2 Å². The average molecular weight is 579 g/mol. The highest BCUT2D eigenvalue weighted by Gasteiger charge is 2.45. The zero-order chi connectivity index (χ0) is 26.3. The lowest BCUT2D eigenvalue weighted by molar-refractivity contribution is -0.135. The van der Waals surface area contributed by atoms with Crippen LogP contribution in [0.1, 0.15) is 22.6 Å². The minimum Gasteiger partial charge on any atom is -0.368 e. The molecule has 2 aromatic carbocycles. The largest absolute Gasteiger partial charge is 0.368 e. The minimum absolute atomic E-state index is 0.00790. The monoisotopic (exact) mass is 577 g/mol. The second-order valence-electron chi connectivity index (χ2n) is 9.71. The van der Waals surface area contributed by atoms with E-state index in [0.29, 0.717) is 13.1 Å². The van der Waals surface area contributed by atoms with Crippen LogP contribution in [0.4, 0.5) is 5.69 Å². The number of amides is 1. The number of thiophene rings is 1. The van der Waals surface area contributed by atoms with Gasteiger partial charge in [0.2, 0.25) is 5.91 Å². The van der Waals surface area contributed by atoms with E-state index in [1.54, 1.807) is 0 Å². The maximum absolute atomic E-state index is 13.8. The van der Waals surface area contributed by atoms with Gasteiger partial charge in [0, 0.05) is 50.9 Å². The van der Waals surface area contributed by atoms with Crippen LogP contribution in [0.15, 0.2) is 58.8 Å². The lowest BCUT2D eigenvalue weighted by Gasteiger charge is -2.38. The Balaban J connectivity index is 1.35. The molecule has 0 radical (unpaired) electrons. The topological polar surface area (TPSA) is 60.9 Å². The number of rotatable bonds is 5. The van der Waals surface area contributed by atoms with Gasteiger partial charge in [-0.1, -0.05) is 59.6 Å². The quantitative estimate of drug-likeness (QED) is 0.406. The Bertz CT molecular complexity index is 1380. The van der Waals surface area contributed by atoms with Gasteiger partial charge in [-0.05, 0) is 48.7 Å². The first-order valence-corrected chi connectivity index (χ1v) is 15.3. The lowest BCUT2D eigenvalue weighted by atomic mass is 9.88. The number of aryl methyl sites for hydroxylation is 2. The molecule has 5 rings (SSSR count). The van der Waals surface area contributed by atoms with Gasteiger partial charge in [0.25, 0.3) is 10.0 Å². The molecule has 2 saturated heterocycles. The van der Waals surface area contributed by atoms with Crippen molar-refractivity contribution in [3.05, 3.63) is 80.6 Å². The van der Waals surface area contributed by atoms with Crippen LogP contribution in [0.3, 0.4) is 0 Å². The van der Waals surface area contributed by atoms with E-state index in [4.69, 9.17) is 23.2 Å². The first-order valence-electron chi connectivity index (χ1n) is 12.3. The van der Waals surface area contributed by atoms with Crippen LogP contribution < -0.4 is 4.90 Å². The lowest BCUT2D eigenvalue weighted by Crippen LogP contribution is -2.51. The minimum atomic E-state index is -3.83. The van der Waals surface area contributed by atoms with Crippen molar-refractivity contribution in [1.82, 2.24) is 9.21 Å². The third-order valence-electron chi connectivity index (χ3n) is 7.49. The molecule has 37 heavy (non-hydrogen) atoms. The molecule has 196 valence electrons. The van der Waals surface area contributed by atoms with Gasteiger partial charge in [0.1, 0.15) is 8.55 Å². The molecular weight excluding hydrogens is 549 g/mol. The van der Waals surface area contributed by atoms with Crippen molar-refractivity contribution in [3.8, 4) is 0 Å². The van der Waals surface area contributed by atoms with E-state index in [1.807, 2.05) is 35.2 Å². The zero-order valence-electron chi connectivity index (χ0n) is 20.7. The standard InChI is InChI=1S/C27H29Cl2N3O3S2/c1-18-8-9-21(14-19(18)2)30-10-12-31(13-11-30)27(33)23-17-32(16-22(23)20-6-4-3-5-7-20)37(34,35)25-15-24(28)26(29)36-25/h3-9,14-15,22-23H,10-13,16-17H2,1-2H3/t22-,23+/m0/s1. The molecule has 6 nitrogen and oxygen atoms in total. The number of benzene rings is 2. The summed E-state index contributed by atoms with van der Waals surface area (Å²) in [6.07, 6.45) is 0. The van der Waals surface area contributed by atoms with Gasteiger partial charge in [-0.2, -0.15) is 4.31 Å². The van der Waals surface area contributed by atoms with Crippen molar-refractivity contribution >= 4 is 56.2 Å². The molecule has 10 heteroatoms. The number of carbonyl (C=O) groups excluding carboxylic acids is 1. The van der Waals surface area contributed by atoms with E-state index in [0.717, 1.165) is 30.0 Å². The van der Waals surface area contributed by atoms with Crippen molar-refractivity contribution in [2.45, 2.75) is 24.0 Å². The fraction of sp³-hybridized carbons (Fsp3) is 0.370. The van der Waals surface area contributed by atoms with Crippen LogP contribution >= 0.6 is 34.5 Å². The molecule has 0 unspecified atom stereocenters. The van der Waals surface area contributed by atoms with Crippen LogP contribution in [0.25, 0.3) is 0 Å². The molecular formula is C27H29Cl2N3O3S2. The second-order valence-corrected chi connectivity index (χ2v) is 13.9. The molecule has 0 N–H and O–H groups in total. The molecule has 3 heterocycles. The number of carbonyl (C=O) groups is 1. The van der Waals surface area contributed by atoms with Crippen molar-refractivity contribution in [2.24, 2.45) is 5.92 Å². The number of anilines is 1. The highest BCUT2D eigenvalue weighted by atomic mass is 35.5. The van der Waals surface area contributed by atoms with Gasteiger partial charge in [0.15, 0.2) is 0 Å². The number of sulfonamides is 1. The highest BCUT2D eigenvalue weighted by molar-refractivity contribution is 7.91. The van der Waals surface area contributed by atoms with Crippen LogP contribution in [-0.2, 0) is 14.8 Å². The molecule has 0 aliphatic carbocycles. The molecule has 2 aliphatic heterocycles. The average Bonchev–Trinajstić information content (AvgIpc) is 3.50. The number of piperazine rings is 1. The van der Waals surface area contributed by atoms with Gasteiger partial charge in [-0.15, -0.1) is 11.3 Å². The Morgan fingerprint density at radius 1 is 0.919 bits per heavy atom. The molecule has 0 saturated carbocycles. The summed E-state index contributed by atoms with van der Waals surface area (Å²) in [7, 11) is -3.83. The van der Waals surface area contributed by atoms with E-state index < -0.39 is 15.9 Å². The summed E-state index contributed by atoms with van der Waals surface area (Å²) in [5, 5.41) is 0.221. The molecule has 0 spiro atoms. The van der Waals surface area contributed by atoms with Crippen molar-refractivity contribution < 1.29 is 13.2 Å². The van der Waals surface area contributed by atoms with E-state index in [9.17, 15) is 13.2 Å². The van der Waals surface area contributed by atoms with Gasteiger partial charge in [0.05, 0.1) is 10.9 Å². The molecule has 3 aromatic rings. The zero-order valence-corrected chi connectivity index (χ0v) is 23.9. The summed E-state index contributed by atoms with van der Waals surface area (Å²) in [6.45, 7) is 7.27. The van der Waals surface area contributed by atoms with Crippen LogP contribution in [0, 0.1) is 19.8 Å². The maximum atomic E-state index is 13.8. The smallest absolute Gasteiger partial charge is 0.252 e. The fourth-order valence-electron chi connectivity index (χ4n) is 5.18. The van der Waals surface area contributed by atoms with Gasteiger partial charge < -0.3 is 9.80 Å². The summed E-state index contributed by atoms with van der Waals surface area (Å²) in [5.41, 5.74) is 4.65. The summed E-state index contributed by atoms with van der Waals surface area (Å²) in [4.78, 5) is 18.0. The number of halogens is 2. The molecule has 1 amide bonds.